The molecule has 3 N–H and O–H groups in total. The van der Waals surface area contributed by atoms with Crippen LogP contribution < -0.4 is 16.9 Å². The Bertz CT molecular complexity index is 1760. The molecule has 4 heterocycles. The van der Waals surface area contributed by atoms with Crippen LogP contribution in [0.2, 0.25) is 0 Å². The monoisotopic (exact) mass is 547 g/mol. The highest BCUT2D eigenvalue weighted by Crippen LogP contribution is 2.29. The smallest absolute Gasteiger partial charge is 0.397 e. The molecule has 5 aromatic rings. The highest BCUT2D eigenvalue weighted by atomic mass is 19.4. The van der Waals surface area contributed by atoms with Crippen molar-refractivity contribution in [3.63, 3.8) is 0 Å². The number of fused-ring (bicyclic) bond motifs is 2. The van der Waals surface area contributed by atoms with Crippen LogP contribution in [0, 0.1) is 11.6 Å². The maximum Gasteiger partial charge on any atom is 0.423 e. The van der Waals surface area contributed by atoms with E-state index in [1.807, 2.05) is 0 Å². The fourth-order valence-corrected chi connectivity index (χ4v) is 3.86. The minimum Gasteiger partial charge on any atom is -0.397 e. The molecule has 0 radical (unpaired) electrons. The molecule has 14 heteroatoms. The van der Waals surface area contributed by atoms with Crippen molar-refractivity contribution in [3.8, 4) is 11.4 Å². The van der Waals surface area contributed by atoms with E-state index < -0.39 is 34.6 Å². The predicted molar refractivity (Wildman–Crippen MR) is 134 cm³/mol. The number of aromatic amines is 1. The summed E-state index contributed by atoms with van der Waals surface area (Å²) in [5.41, 5.74) is 1.75. The zero-order valence-corrected chi connectivity index (χ0v) is 20.5. The largest absolute Gasteiger partial charge is 0.423 e. The van der Waals surface area contributed by atoms with Crippen LogP contribution in [0.1, 0.15) is 31.7 Å². The predicted octanol–water partition coefficient (Wildman–Crippen LogP) is 4.55. The van der Waals surface area contributed by atoms with Crippen LogP contribution in [0.3, 0.4) is 0 Å². The third-order valence-electron chi connectivity index (χ3n) is 5.78. The van der Waals surface area contributed by atoms with Gasteiger partial charge in [0, 0.05) is 25.0 Å². The summed E-state index contributed by atoms with van der Waals surface area (Å²) in [5.74, 6) is -0.876. The van der Waals surface area contributed by atoms with E-state index >= 15 is 0 Å². The van der Waals surface area contributed by atoms with Crippen LogP contribution in [-0.2, 0) is 12.7 Å². The molecular formula is C25H22F5N7O2. The number of nitrogens with one attached hydrogen (secondary N) is 1. The Hall–Kier alpha value is -4.62. The number of alkyl halides is 3. The van der Waals surface area contributed by atoms with E-state index in [4.69, 9.17) is 5.73 Å². The Morgan fingerprint density at radius 2 is 1.82 bits per heavy atom. The van der Waals surface area contributed by atoms with Gasteiger partial charge in [0.05, 0.1) is 22.8 Å². The summed E-state index contributed by atoms with van der Waals surface area (Å²) in [6.07, 6.45) is 2.17. The molecule has 0 spiro atoms. The Morgan fingerprint density at radius 1 is 1.05 bits per heavy atom. The molecule has 0 aliphatic heterocycles. The lowest BCUT2D eigenvalue weighted by Gasteiger charge is -2.08. The highest BCUT2D eigenvalue weighted by Gasteiger charge is 2.36. The molecule has 0 saturated heterocycles. The van der Waals surface area contributed by atoms with Crippen LogP contribution >= 0.6 is 0 Å². The van der Waals surface area contributed by atoms with Crippen LogP contribution in [0.5, 0.6) is 0 Å². The van der Waals surface area contributed by atoms with Gasteiger partial charge in [-0.25, -0.2) is 23.4 Å². The lowest BCUT2D eigenvalue weighted by atomic mass is 10.1. The molecule has 5 rings (SSSR count). The number of nitrogens with zero attached hydrogens (tertiary/aromatic N) is 5. The average Bonchev–Trinajstić information content (AvgIpc) is 3.28. The van der Waals surface area contributed by atoms with E-state index in [-0.39, 0.29) is 22.6 Å². The molecule has 1 aromatic carbocycles. The molecular weight excluding hydrogens is 525 g/mol. The molecule has 0 unspecified atom stereocenters. The summed E-state index contributed by atoms with van der Waals surface area (Å²) >= 11 is 0. The van der Waals surface area contributed by atoms with Crippen LogP contribution in [0.25, 0.3) is 27.8 Å². The second-order valence-corrected chi connectivity index (χ2v) is 8.55. The number of nitrogens with two attached hydrogens (primary N) is 1. The maximum absolute atomic E-state index is 14.7. The Balaban J connectivity index is 0.000000247. The second-order valence-electron chi connectivity index (χ2n) is 8.55. The van der Waals surface area contributed by atoms with Crippen molar-refractivity contribution in [2.45, 2.75) is 38.9 Å². The van der Waals surface area contributed by atoms with E-state index in [1.54, 1.807) is 28.0 Å². The van der Waals surface area contributed by atoms with E-state index in [1.165, 1.54) is 28.9 Å². The fourth-order valence-electron chi connectivity index (χ4n) is 3.86. The van der Waals surface area contributed by atoms with Gasteiger partial charge < -0.3 is 10.3 Å². The summed E-state index contributed by atoms with van der Waals surface area (Å²) in [6, 6.07) is 7.07. The number of rotatable bonds is 5. The van der Waals surface area contributed by atoms with Crippen molar-refractivity contribution in [2.75, 3.05) is 5.73 Å². The first-order valence-corrected chi connectivity index (χ1v) is 11.7. The first-order chi connectivity index (χ1) is 18.5. The van der Waals surface area contributed by atoms with Gasteiger partial charge in [0.2, 0.25) is 0 Å². The number of aryl methyl sites for hydroxylation is 1. The lowest BCUT2D eigenvalue weighted by Crippen LogP contribution is -2.24. The Morgan fingerprint density at radius 3 is 2.49 bits per heavy atom. The van der Waals surface area contributed by atoms with Crippen molar-refractivity contribution in [3.05, 3.63) is 86.8 Å². The Kier molecular flexibility index (Phi) is 7.74. The number of H-pyrrole nitrogens is 1. The molecule has 0 amide bonds. The van der Waals surface area contributed by atoms with Gasteiger partial charge in [-0.05, 0) is 36.1 Å². The van der Waals surface area contributed by atoms with Gasteiger partial charge >= 0.3 is 6.18 Å². The minimum absolute atomic E-state index is 0.145. The fraction of sp³-hybridized carbons (Fsp3) is 0.240. The van der Waals surface area contributed by atoms with E-state index in [0.29, 0.717) is 17.3 Å². The molecule has 9 nitrogen and oxygen atoms in total. The van der Waals surface area contributed by atoms with Crippen molar-refractivity contribution in [2.24, 2.45) is 0 Å². The van der Waals surface area contributed by atoms with Crippen molar-refractivity contribution in [1.82, 2.24) is 29.4 Å². The van der Waals surface area contributed by atoms with Gasteiger partial charge in [0.1, 0.15) is 17.2 Å². The standard InChI is InChI=1S/C20H18F2N4O.C5H4F3N3O/c1-2-3-4-7-25-8-5-13-10-16(17(22)12-15(13)20(25)27)19-23-18-11-14(21)6-9-26(18)24-19;6-5(7,8)3-2(9)1-10-11-4(3)12/h5-6,8-12H,2-4,7H2,1H3;1H,(H3,9,11,12). The third kappa shape index (κ3) is 5.94. The van der Waals surface area contributed by atoms with Crippen molar-refractivity contribution >= 4 is 22.1 Å². The number of hydrogen-bond acceptors (Lipinski definition) is 6. The number of nitrogen functional groups attached to an aromatic ring is 1. The van der Waals surface area contributed by atoms with Gasteiger partial charge in [0.15, 0.2) is 11.5 Å². The van der Waals surface area contributed by atoms with Gasteiger partial charge in [-0.3, -0.25) is 9.59 Å². The number of unbranched alkanes of at least 4 members (excludes halogenated alkanes) is 2. The molecule has 39 heavy (non-hydrogen) atoms. The number of benzene rings is 1. The zero-order valence-electron chi connectivity index (χ0n) is 20.5. The third-order valence-corrected chi connectivity index (χ3v) is 5.78. The zero-order chi connectivity index (χ0) is 28.3. The molecule has 0 aliphatic rings. The maximum atomic E-state index is 14.7. The molecule has 0 saturated carbocycles. The van der Waals surface area contributed by atoms with Crippen molar-refractivity contribution < 1.29 is 22.0 Å². The summed E-state index contributed by atoms with van der Waals surface area (Å²) in [5, 5.41) is 9.88. The SMILES string of the molecule is CCCCCn1ccc2cc(-c3nc4cc(F)ccn4n3)c(F)cc2c1=O.Nc1cn[nH]c(=O)c1C(F)(F)F. The molecule has 204 valence electrons. The second kappa shape index (κ2) is 11.0. The molecule has 0 atom stereocenters. The molecule has 0 aliphatic carbocycles. The highest BCUT2D eigenvalue weighted by molar-refractivity contribution is 5.86. The van der Waals surface area contributed by atoms with Gasteiger partial charge in [-0.2, -0.15) is 18.3 Å². The number of halogens is 5. The molecule has 0 bridgehead atoms. The quantitative estimate of drug-likeness (QED) is 0.246. The van der Waals surface area contributed by atoms with Crippen LogP contribution in [0.4, 0.5) is 27.6 Å². The molecule has 4 aromatic heterocycles. The summed E-state index contributed by atoms with van der Waals surface area (Å²) in [4.78, 5) is 27.4. The van der Waals surface area contributed by atoms with Gasteiger partial charge in [-0.1, -0.05) is 19.8 Å². The van der Waals surface area contributed by atoms with Gasteiger partial charge in [-0.15, -0.1) is 5.10 Å². The minimum atomic E-state index is -4.74. The first kappa shape index (κ1) is 27.4. The van der Waals surface area contributed by atoms with E-state index in [2.05, 4.69) is 22.1 Å². The number of aromatic nitrogens is 6. The number of pyridine rings is 2. The lowest BCUT2D eigenvalue weighted by molar-refractivity contribution is -0.138. The van der Waals surface area contributed by atoms with Gasteiger partial charge in [0.25, 0.3) is 11.1 Å². The average molecular weight is 547 g/mol. The Labute approximate surface area is 216 Å². The first-order valence-electron chi connectivity index (χ1n) is 11.7. The summed E-state index contributed by atoms with van der Waals surface area (Å²) < 4.78 is 67.0. The molecule has 0 fully saturated rings. The van der Waals surface area contributed by atoms with E-state index in [9.17, 15) is 31.5 Å². The van der Waals surface area contributed by atoms with Crippen molar-refractivity contribution in [1.29, 1.82) is 0 Å². The summed E-state index contributed by atoms with van der Waals surface area (Å²) in [6.45, 7) is 2.72. The van der Waals surface area contributed by atoms with Crippen LogP contribution in [-0.4, -0.2) is 29.4 Å². The summed E-state index contributed by atoms with van der Waals surface area (Å²) in [7, 11) is 0. The normalized spacial score (nSPS) is 11.5. The number of hydrogen-bond donors (Lipinski definition) is 2. The topological polar surface area (TPSA) is 124 Å². The van der Waals surface area contributed by atoms with Crippen LogP contribution in [0.15, 0.2) is 58.5 Å². The number of anilines is 1. The van der Waals surface area contributed by atoms with E-state index in [0.717, 1.165) is 25.5 Å².